The molecule has 12 heteroatoms. The van der Waals surface area contributed by atoms with Gasteiger partial charge in [-0.25, -0.2) is 22.4 Å². The summed E-state index contributed by atoms with van der Waals surface area (Å²) in [5, 5.41) is 0. The first-order valence-corrected chi connectivity index (χ1v) is 16.0. The van der Waals surface area contributed by atoms with Crippen LogP contribution in [-0.4, -0.2) is 55.2 Å². The molecule has 0 aliphatic heterocycles. The summed E-state index contributed by atoms with van der Waals surface area (Å²) in [5.41, 5.74) is 3.83. The van der Waals surface area contributed by atoms with Crippen molar-refractivity contribution in [1.29, 1.82) is 0 Å². The molecule has 0 N–H and O–H groups in total. The van der Waals surface area contributed by atoms with Gasteiger partial charge in [-0.3, -0.25) is 9.05 Å². The molecule has 0 spiro atoms. The van der Waals surface area contributed by atoms with E-state index < -0.39 is 23.6 Å². The Balaban J connectivity index is 2.34. The molecule has 0 saturated carbocycles. The Labute approximate surface area is 246 Å². The van der Waals surface area contributed by atoms with Crippen LogP contribution in [0.1, 0.15) is 18.9 Å². The molecule has 3 rings (SSSR count). The van der Waals surface area contributed by atoms with Crippen molar-refractivity contribution in [2.24, 2.45) is 0 Å². The number of esters is 1. The molecular weight excluding hydrogens is 581 g/mol. The third kappa shape index (κ3) is 7.70. The van der Waals surface area contributed by atoms with E-state index in [0.29, 0.717) is 16.9 Å². The van der Waals surface area contributed by atoms with Crippen molar-refractivity contribution in [2.75, 3.05) is 45.5 Å². The van der Waals surface area contributed by atoms with E-state index in [2.05, 4.69) is 5.73 Å². The highest BCUT2D eigenvalue weighted by molar-refractivity contribution is 7.91. The lowest BCUT2D eigenvalue weighted by Gasteiger charge is -2.30. The van der Waals surface area contributed by atoms with Gasteiger partial charge in [0.2, 0.25) is 0 Å². The normalized spacial score (nSPS) is 11.3. The summed E-state index contributed by atoms with van der Waals surface area (Å²) in [5.74, 6) is -0.504. The Bertz CT molecular complexity index is 1580. The number of methoxy groups -OCH3 is 2. The smallest absolute Gasteiger partial charge is 0.439 e. The van der Waals surface area contributed by atoms with Crippen LogP contribution >= 0.6 is 7.75 Å². The Morgan fingerprint density at radius 3 is 2.00 bits per heavy atom. The summed E-state index contributed by atoms with van der Waals surface area (Å²) in [4.78, 5) is 13.7. The lowest BCUT2D eigenvalue weighted by Crippen LogP contribution is -2.27. The van der Waals surface area contributed by atoms with E-state index in [0.717, 1.165) is 4.67 Å². The molecule has 0 saturated heterocycles. The molecule has 0 amide bonds. The highest BCUT2D eigenvalue weighted by Crippen LogP contribution is 2.56. The maximum atomic E-state index is 14.0. The topological polar surface area (TPSA) is 118 Å². The van der Waals surface area contributed by atoms with Crippen molar-refractivity contribution in [3.63, 3.8) is 0 Å². The number of carbonyl (C=O) groups is 1. The van der Waals surface area contributed by atoms with Gasteiger partial charge in [0, 0.05) is 25.9 Å². The number of rotatable bonds is 14. The minimum atomic E-state index is -4.24. The first-order chi connectivity index (χ1) is 20.1. The minimum Gasteiger partial charge on any atom is -0.493 e. The number of sulfone groups is 1. The fourth-order valence-corrected chi connectivity index (χ4v) is 6.56. The Kier molecular flexibility index (Phi) is 11.6. The number of ether oxygens (including phenoxy) is 3. The van der Waals surface area contributed by atoms with Gasteiger partial charge in [-0.2, -0.15) is 0 Å². The largest absolute Gasteiger partial charge is 0.493 e. The second-order valence-corrected chi connectivity index (χ2v) is 12.8. The van der Waals surface area contributed by atoms with E-state index in [4.69, 9.17) is 23.3 Å². The fraction of sp³-hybridized carbons (Fsp3) is 0.267. The molecule has 3 aromatic carbocycles. The van der Waals surface area contributed by atoms with Crippen LogP contribution in [0.5, 0.6) is 11.5 Å². The highest BCUT2D eigenvalue weighted by Gasteiger charge is 2.39. The molecule has 0 aliphatic carbocycles. The van der Waals surface area contributed by atoms with E-state index in [9.17, 15) is 17.8 Å². The van der Waals surface area contributed by atoms with Gasteiger partial charge in [-0.05, 0) is 43.2 Å². The van der Waals surface area contributed by atoms with E-state index in [1.807, 2.05) is 0 Å². The molecule has 0 bridgehead atoms. The third-order valence-electron chi connectivity index (χ3n) is 6.11. The zero-order chi connectivity index (χ0) is 30.8. The van der Waals surface area contributed by atoms with Gasteiger partial charge in [0.15, 0.2) is 27.0 Å². The highest BCUT2D eigenvalue weighted by atomic mass is 32.2. The minimum absolute atomic E-state index is 0.00287. The molecule has 0 unspecified atom stereocenters. The van der Waals surface area contributed by atoms with E-state index in [-0.39, 0.29) is 40.8 Å². The quantitative estimate of drug-likeness (QED) is 0.0938. The van der Waals surface area contributed by atoms with Crippen LogP contribution in [-0.2, 0) is 33.0 Å². The molecule has 0 atom stereocenters. The van der Waals surface area contributed by atoms with Crippen LogP contribution in [0.4, 0.5) is 5.69 Å². The number of hydrogen-bond acceptors (Lipinski definition) is 9. The maximum absolute atomic E-state index is 14.0. The lowest BCUT2D eigenvalue weighted by atomic mass is 10.0. The van der Waals surface area contributed by atoms with Gasteiger partial charge in [-0.15, -0.1) is 0 Å². The Hall–Kier alpha value is -3.85. The molecule has 0 aromatic heterocycles. The first kappa shape index (κ1) is 32.7. The first-order valence-electron chi connectivity index (χ1n) is 12.9. The molecule has 3 aromatic rings. The van der Waals surface area contributed by atoms with Crippen molar-refractivity contribution in [3.8, 4) is 11.5 Å². The number of carbonyl (C=O) groups excluding carboxylic acids is 1. The van der Waals surface area contributed by atoms with Crippen molar-refractivity contribution in [1.82, 2.24) is 0 Å². The number of anilines is 1. The number of hydrogen-bond donors (Lipinski definition) is 0. The van der Waals surface area contributed by atoms with E-state index >= 15 is 0 Å². The zero-order valence-electron chi connectivity index (χ0n) is 24.1. The van der Waals surface area contributed by atoms with Gasteiger partial charge >= 0.3 is 13.7 Å². The summed E-state index contributed by atoms with van der Waals surface area (Å²) in [6.45, 7) is 1.62. The van der Waals surface area contributed by atoms with Crippen LogP contribution in [0.15, 0.2) is 95.2 Å². The molecule has 0 heterocycles. The average Bonchev–Trinajstić information content (AvgIpc) is 3.02. The molecular formula is C30H34NO9PS. The van der Waals surface area contributed by atoms with Crippen molar-refractivity contribution >= 4 is 34.8 Å². The molecule has 224 valence electrons. The summed E-state index contributed by atoms with van der Waals surface area (Å²) in [6, 6.07) is 21.5. The van der Waals surface area contributed by atoms with Crippen LogP contribution in [0, 0.1) is 0 Å². The second kappa shape index (κ2) is 14.9. The fourth-order valence-electron chi connectivity index (χ4n) is 4.02. The van der Waals surface area contributed by atoms with E-state index in [1.54, 1.807) is 61.5 Å². The molecule has 42 heavy (non-hydrogen) atoms. The SMILES string of the molecule is CCOC(=O)C(=C=C(CCS(=O)(=O)c1ccccc1)c1ccccc1)N(c1ccc(OC)c(OC)c1)P(=O)(OC)OC. The van der Waals surface area contributed by atoms with Crippen molar-refractivity contribution in [3.05, 3.63) is 95.9 Å². The third-order valence-corrected chi connectivity index (χ3v) is 9.69. The van der Waals surface area contributed by atoms with Gasteiger partial charge in [-0.1, -0.05) is 54.3 Å². The summed E-state index contributed by atoms with van der Waals surface area (Å²) in [7, 11) is -2.69. The van der Waals surface area contributed by atoms with E-state index in [1.165, 1.54) is 52.7 Å². The Morgan fingerprint density at radius 2 is 1.45 bits per heavy atom. The lowest BCUT2D eigenvalue weighted by molar-refractivity contribution is -0.138. The average molecular weight is 616 g/mol. The van der Waals surface area contributed by atoms with Crippen LogP contribution in [0.3, 0.4) is 0 Å². The van der Waals surface area contributed by atoms with Crippen molar-refractivity contribution in [2.45, 2.75) is 18.2 Å². The molecule has 0 fully saturated rings. The molecule has 10 nitrogen and oxygen atoms in total. The van der Waals surface area contributed by atoms with Gasteiger partial charge in [0.25, 0.3) is 0 Å². The van der Waals surface area contributed by atoms with Gasteiger partial charge in [0.05, 0.1) is 37.2 Å². The van der Waals surface area contributed by atoms with Crippen LogP contribution in [0.25, 0.3) is 5.57 Å². The summed E-state index contributed by atoms with van der Waals surface area (Å²) < 4.78 is 68.1. The Morgan fingerprint density at radius 1 is 0.857 bits per heavy atom. The summed E-state index contributed by atoms with van der Waals surface area (Å²) in [6.07, 6.45) is -0.0335. The maximum Gasteiger partial charge on any atom is 0.439 e. The number of nitrogens with zero attached hydrogens (tertiary/aromatic N) is 1. The second-order valence-electron chi connectivity index (χ2n) is 8.61. The zero-order valence-corrected chi connectivity index (χ0v) is 25.8. The van der Waals surface area contributed by atoms with Crippen LogP contribution < -0.4 is 14.1 Å². The standard InChI is InChI=1S/C30H34NO9PS/c1-6-40-30(32)27(31(41(33,38-4)39-5)25-17-18-28(36-2)29(22-25)37-3)21-24(23-13-9-7-10-14-23)19-20-42(34,35)26-15-11-8-12-16-26/h7-18,22H,6,19-20H2,1-5H3. The summed E-state index contributed by atoms with van der Waals surface area (Å²) >= 11 is 0. The predicted molar refractivity (Wildman–Crippen MR) is 160 cm³/mol. The monoisotopic (exact) mass is 615 g/mol. The number of benzene rings is 3. The van der Waals surface area contributed by atoms with Gasteiger partial charge < -0.3 is 14.2 Å². The van der Waals surface area contributed by atoms with Gasteiger partial charge in [0.1, 0.15) is 0 Å². The predicted octanol–water partition coefficient (Wildman–Crippen LogP) is 5.90. The molecule has 0 radical (unpaired) electrons. The van der Waals surface area contributed by atoms with Crippen LogP contribution in [0.2, 0.25) is 0 Å². The van der Waals surface area contributed by atoms with Crippen molar-refractivity contribution < 1.29 is 41.0 Å². The molecule has 0 aliphatic rings.